The van der Waals surface area contributed by atoms with Crippen molar-refractivity contribution in [2.24, 2.45) is 5.73 Å². The second-order valence-electron chi connectivity index (χ2n) is 2.95. The summed E-state index contributed by atoms with van der Waals surface area (Å²) in [5.41, 5.74) is 6.81. The predicted octanol–water partition coefficient (Wildman–Crippen LogP) is -0.206. The van der Waals surface area contributed by atoms with Crippen molar-refractivity contribution in [1.29, 1.82) is 5.41 Å². The van der Waals surface area contributed by atoms with Crippen LogP contribution in [0.25, 0.3) is 0 Å². The number of nitrogen functional groups attached to an aromatic ring is 1. The molecule has 5 nitrogen and oxygen atoms in total. The number of nitrogens with one attached hydrogen (secondary N) is 1. The van der Waals surface area contributed by atoms with E-state index in [0.29, 0.717) is 12.1 Å². The molecule has 14 heavy (non-hydrogen) atoms. The minimum absolute atomic E-state index is 0.00666. The lowest BCUT2D eigenvalue weighted by atomic mass is 10.2. The van der Waals surface area contributed by atoms with Gasteiger partial charge in [-0.3, -0.25) is 10.4 Å². The van der Waals surface area contributed by atoms with Crippen LogP contribution in [-0.2, 0) is 0 Å². The zero-order valence-corrected chi connectivity index (χ0v) is 8.07. The van der Waals surface area contributed by atoms with Gasteiger partial charge in [0, 0.05) is 25.4 Å². The van der Waals surface area contributed by atoms with Gasteiger partial charge in [-0.15, -0.1) is 0 Å². The largest absolute Gasteiger partial charge is 0.395 e. The van der Waals surface area contributed by atoms with Gasteiger partial charge in [0.15, 0.2) is 0 Å². The van der Waals surface area contributed by atoms with E-state index in [1.165, 1.54) is 0 Å². The number of nitrogens with zero attached hydrogens (tertiary/aromatic N) is 2. The molecular formula is C9H14N4O. The molecule has 0 aliphatic carbocycles. The Bertz CT molecular complexity index is 326. The van der Waals surface area contributed by atoms with Crippen LogP contribution in [0.15, 0.2) is 18.5 Å². The van der Waals surface area contributed by atoms with Crippen molar-refractivity contribution in [3.63, 3.8) is 0 Å². The lowest BCUT2D eigenvalue weighted by molar-refractivity contribution is 0.304. The van der Waals surface area contributed by atoms with Crippen LogP contribution in [0.3, 0.4) is 0 Å². The fourth-order valence-electron chi connectivity index (χ4n) is 1.19. The van der Waals surface area contributed by atoms with Gasteiger partial charge in [-0.1, -0.05) is 0 Å². The molecule has 4 N–H and O–H groups in total. The molecule has 1 heterocycles. The fourth-order valence-corrected chi connectivity index (χ4v) is 1.19. The maximum Gasteiger partial charge on any atom is 0.125 e. The highest BCUT2D eigenvalue weighted by molar-refractivity contribution is 6.00. The van der Waals surface area contributed by atoms with E-state index in [1.54, 1.807) is 18.5 Å². The summed E-state index contributed by atoms with van der Waals surface area (Å²) in [6, 6.07) is 1.69. The maximum atomic E-state index is 8.78. The Labute approximate surface area is 82.7 Å². The van der Waals surface area contributed by atoms with Crippen LogP contribution in [0.4, 0.5) is 5.69 Å². The molecule has 1 rings (SSSR count). The molecule has 0 fully saturated rings. The number of aromatic nitrogens is 1. The predicted molar refractivity (Wildman–Crippen MR) is 55.6 cm³/mol. The Kier molecular flexibility index (Phi) is 3.41. The molecule has 5 heteroatoms. The monoisotopic (exact) mass is 194 g/mol. The van der Waals surface area contributed by atoms with Crippen molar-refractivity contribution < 1.29 is 5.11 Å². The van der Waals surface area contributed by atoms with Gasteiger partial charge in [-0.05, 0) is 6.07 Å². The second kappa shape index (κ2) is 4.57. The number of aliphatic hydroxyl groups is 1. The quantitative estimate of drug-likeness (QED) is 0.457. The molecule has 1 aromatic heterocycles. The van der Waals surface area contributed by atoms with Crippen molar-refractivity contribution >= 4 is 11.5 Å². The number of rotatable bonds is 4. The zero-order valence-electron chi connectivity index (χ0n) is 8.07. The van der Waals surface area contributed by atoms with E-state index in [9.17, 15) is 0 Å². The van der Waals surface area contributed by atoms with E-state index in [2.05, 4.69) is 4.98 Å². The molecular weight excluding hydrogens is 180 g/mol. The molecule has 0 unspecified atom stereocenters. The molecule has 0 aliphatic heterocycles. The fraction of sp³-hybridized carbons (Fsp3) is 0.333. The number of hydrogen-bond acceptors (Lipinski definition) is 4. The van der Waals surface area contributed by atoms with E-state index in [-0.39, 0.29) is 12.4 Å². The molecule has 0 atom stereocenters. The van der Waals surface area contributed by atoms with Gasteiger partial charge in [0.05, 0.1) is 18.5 Å². The van der Waals surface area contributed by atoms with E-state index in [1.807, 2.05) is 11.9 Å². The van der Waals surface area contributed by atoms with Crippen molar-refractivity contribution in [3.8, 4) is 0 Å². The van der Waals surface area contributed by atoms with Gasteiger partial charge in [0.25, 0.3) is 0 Å². The van der Waals surface area contributed by atoms with Gasteiger partial charge < -0.3 is 15.7 Å². The van der Waals surface area contributed by atoms with Crippen molar-refractivity contribution in [3.05, 3.63) is 24.0 Å². The first-order valence-corrected chi connectivity index (χ1v) is 4.27. The third-order valence-electron chi connectivity index (χ3n) is 1.94. The molecule has 0 aromatic carbocycles. The van der Waals surface area contributed by atoms with Gasteiger partial charge in [0.2, 0.25) is 0 Å². The highest BCUT2D eigenvalue weighted by atomic mass is 16.3. The summed E-state index contributed by atoms with van der Waals surface area (Å²) in [5, 5.41) is 16.1. The first-order chi connectivity index (χ1) is 6.66. The van der Waals surface area contributed by atoms with Gasteiger partial charge >= 0.3 is 0 Å². The summed E-state index contributed by atoms with van der Waals surface area (Å²) in [7, 11) is 1.82. The first kappa shape index (κ1) is 10.5. The maximum absolute atomic E-state index is 8.78. The Balaban J connectivity index is 3.00. The topological polar surface area (TPSA) is 86.2 Å². The summed E-state index contributed by atoms with van der Waals surface area (Å²) in [6.45, 7) is 0.550. The number of aliphatic hydroxyl groups excluding tert-OH is 1. The highest BCUT2D eigenvalue weighted by Crippen LogP contribution is 2.16. The minimum atomic E-state index is 0.00666. The number of pyridine rings is 1. The summed E-state index contributed by atoms with van der Waals surface area (Å²) < 4.78 is 0. The van der Waals surface area contributed by atoms with Gasteiger partial charge in [0.1, 0.15) is 5.84 Å². The molecule has 0 saturated heterocycles. The molecule has 0 spiro atoms. The van der Waals surface area contributed by atoms with Crippen LogP contribution in [0.2, 0.25) is 0 Å². The van der Waals surface area contributed by atoms with Crippen LogP contribution in [0.5, 0.6) is 0 Å². The Hall–Kier alpha value is -1.62. The smallest absolute Gasteiger partial charge is 0.125 e. The Morgan fingerprint density at radius 2 is 2.43 bits per heavy atom. The standard InChI is InChI=1S/C9H14N4O/c1-13(4-5-14)8-6-12-3-2-7(8)9(10)11/h2-3,6,14H,4-5H2,1H3,(H3,10,11). The lowest BCUT2D eigenvalue weighted by Crippen LogP contribution is -2.25. The number of hydrogen-bond donors (Lipinski definition) is 3. The SMILES string of the molecule is CN(CCO)c1cnccc1C(=N)N. The summed E-state index contributed by atoms with van der Waals surface area (Å²) in [5.74, 6) is 0.00666. The number of likely N-dealkylation sites (N-methyl/N-ethyl adjacent to an activating group) is 1. The highest BCUT2D eigenvalue weighted by Gasteiger charge is 2.08. The number of anilines is 1. The molecule has 1 aromatic rings. The summed E-state index contributed by atoms with van der Waals surface area (Å²) in [6.07, 6.45) is 3.22. The minimum Gasteiger partial charge on any atom is -0.395 e. The molecule has 0 radical (unpaired) electrons. The second-order valence-corrected chi connectivity index (χ2v) is 2.95. The van der Waals surface area contributed by atoms with Crippen molar-refractivity contribution in [2.45, 2.75) is 0 Å². The van der Waals surface area contributed by atoms with Crippen LogP contribution in [-0.4, -0.2) is 36.1 Å². The van der Waals surface area contributed by atoms with Crippen LogP contribution in [0.1, 0.15) is 5.56 Å². The van der Waals surface area contributed by atoms with Crippen molar-refractivity contribution in [2.75, 3.05) is 25.1 Å². The molecule has 0 saturated carbocycles. The van der Waals surface area contributed by atoms with E-state index in [4.69, 9.17) is 16.2 Å². The number of amidine groups is 1. The van der Waals surface area contributed by atoms with Crippen molar-refractivity contribution in [1.82, 2.24) is 4.98 Å². The van der Waals surface area contributed by atoms with Gasteiger partial charge in [-0.25, -0.2) is 0 Å². The van der Waals surface area contributed by atoms with E-state index in [0.717, 1.165) is 5.69 Å². The summed E-state index contributed by atoms with van der Waals surface area (Å²) >= 11 is 0. The Morgan fingerprint density at radius 1 is 1.71 bits per heavy atom. The average molecular weight is 194 g/mol. The van der Waals surface area contributed by atoms with Crippen LogP contribution < -0.4 is 10.6 Å². The number of nitrogens with two attached hydrogens (primary N) is 1. The van der Waals surface area contributed by atoms with Gasteiger partial charge in [-0.2, -0.15) is 0 Å². The van der Waals surface area contributed by atoms with Crippen LogP contribution >= 0.6 is 0 Å². The third kappa shape index (κ3) is 2.20. The zero-order chi connectivity index (χ0) is 10.6. The summed E-state index contributed by atoms with van der Waals surface area (Å²) in [4.78, 5) is 5.76. The molecule has 0 aliphatic rings. The first-order valence-electron chi connectivity index (χ1n) is 4.27. The molecule has 76 valence electrons. The average Bonchev–Trinajstić information content (AvgIpc) is 2.18. The van der Waals surface area contributed by atoms with Crippen LogP contribution in [0, 0.1) is 5.41 Å². The molecule has 0 bridgehead atoms. The Morgan fingerprint density at radius 3 is 3.00 bits per heavy atom. The normalized spacial score (nSPS) is 9.86. The lowest BCUT2D eigenvalue weighted by Gasteiger charge is -2.20. The third-order valence-corrected chi connectivity index (χ3v) is 1.94. The van der Waals surface area contributed by atoms with E-state index < -0.39 is 0 Å². The van der Waals surface area contributed by atoms with E-state index >= 15 is 0 Å². The molecule has 0 amide bonds.